The summed E-state index contributed by atoms with van der Waals surface area (Å²) in [5.41, 5.74) is 2.15. The fourth-order valence-corrected chi connectivity index (χ4v) is 1.29. The molecule has 2 nitrogen and oxygen atoms in total. The molecule has 1 aromatic rings. The smallest absolute Gasteiger partial charge is 0.173 e. The summed E-state index contributed by atoms with van der Waals surface area (Å²) in [5.74, 6) is 0. The van der Waals surface area contributed by atoms with Crippen molar-refractivity contribution >= 4 is 23.0 Å². The summed E-state index contributed by atoms with van der Waals surface area (Å²) in [6.45, 7) is 6.51. The van der Waals surface area contributed by atoms with E-state index in [9.17, 15) is 0 Å². The average Bonchev–Trinajstić information content (AvgIpc) is 2.26. The molecule has 0 heterocycles. The van der Waals surface area contributed by atoms with Crippen LogP contribution in [0.25, 0.3) is 0 Å². The maximum absolute atomic E-state index is 5.25. The van der Waals surface area contributed by atoms with Crippen molar-refractivity contribution in [3.05, 3.63) is 42.5 Å². The SMILES string of the molecule is C=C(C)CNC(=S)N(C)c1ccccc1. The normalized spacial score (nSPS) is 9.47. The largest absolute Gasteiger partial charge is 0.359 e. The van der Waals surface area contributed by atoms with Gasteiger partial charge in [-0.1, -0.05) is 30.4 Å². The zero-order valence-electron chi connectivity index (χ0n) is 9.16. The number of rotatable bonds is 3. The van der Waals surface area contributed by atoms with E-state index in [1.165, 1.54) is 0 Å². The van der Waals surface area contributed by atoms with E-state index in [1.54, 1.807) is 0 Å². The predicted molar refractivity (Wildman–Crippen MR) is 70.3 cm³/mol. The van der Waals surface area contributed by atoms with Crippen LogP contribution in [-0.2, 0) is 0 Å². The van der Waals surface area contributed by atoms with E-state index >= 15 is 0 Å². The lowest BCUT2D eigenvalue weighted by atomic mass is 10.3. The molecule has 0 aliphatic heterocycles. The molecule has 0 spiro atoms. The lowest BCUT2D eigenvalue weighted by molar-refractivity contribution is 0.975. The molecule has 3 heteroatoms. The Balaban J connectivity index is 2.57. The Hall–Kier alpha value is -1.35. The molecular formula is C12H16N2S. The number of benzene rings is 1. The van der Waals surface area contributed by atoms with Crippen LogP contribution in [0.5, 0.6) is 0 Å². The highest BCUT2D eigenvalue weighted by molar-refractivity contribution is 7.80. The van der Waals surface area contributed by atoms with Gasteiger partial charge in [-0.05, 0) is 31.3 Å². The molecule has 0 saturated heterocycles. The number of thiocarbonyl (C=S) groups is 1. The molecule has 0 aliphatic rings. The van der Waals surface area contributed by atoms with E-state index in [4.69, 9.17) is 12.2 Å². The highest BCUT2D eigenvalue weighted by Crippen LogP contribution is 2.10. The molecule has 0 amide bonds. The van der Waals surface area contributed by atoms with Crippen molar-refractivity contribution in [1.82, 2.24) is 5.32 Å². The molecule has 1 N–H and O–H groups in total. The molecule has 0 unspecified atom stereocenters. The second kappa shape index (κ2) is 5.51. The van der Waals surface area contributed by atoms with Gasteiger partial charge in [0.25, 0.3) is 0 Å². The minimum Gasteiger partial charge on any atom is -0.359 e. The van der Waals surface area contributed by atoms with Crippen LogP contribution < -0.4 is 10.2 Å². The van der Waals surface area contributed by atoms with Crippen LogP contribution in [0, 0.1) is 0 Å². The van der Waals surface area contributed by atoms with Gasteiger partial charge in [-0.25, -0.2) is 0 Å². The summed E-state index contributed by atoms with van der Waals surface area (Å²) in [5, 5.41) is 3.85. The molecular weight excluding hydrogens is 204 g/mol. The average molecular weight is 220 g/mol. The van der Waals surface area contributed by atoms with Gasteiger partial charge in [-0.15, -0.1) is 0 Å². The summed E-state index contributed by atoms with van der Waals surface area (Å²) in [4.78, 5) is 1.94. The summed E-state index contributed by atoms with van der Waals surface area (Å²) in [7, 11) is 1.95. The van der Waals surface area contributed by atoms with Crippen LogP contribution >= 0.6 is 12.2 Å². The van der Waals surface area contributed by atoms with E-state index in [0.717, 1.165) is 17.8 Å². The standard InChI is InChI=1S/C12H16N2S/c1-10(2)9-13-12(15)14(3)11-7-5-4-6-8-11/h4-8H,1,9H2,2-3H3,(H,13,15). The van der Waals surface area contributed by atoms with Crippen molar-refractivity contribution in [3.8, 4) is 0 Å². The Bertz CT molecular complexity index is 346. The van der Waals surface area contributed by atoms with Gasteiger partial charge in [0.1, 0.15) is 0 Å². The van der Waals surface area contributed by atoms with E-state index in [1.807, 2.05) is 49.2 Å². The summed E-state index contributed by atoms with van der Waals surface area (Å²) >= 11 is 5.25. The van der Waals surface area contributed by atoms with Crippen LogP contribution in [-0.4, -0.2) is 18.7 Å². The summed E-state index contributed by atoms with van der Waals surface area (Å²) < 4.78 is 0. The van der Waals surface area contributed by atoms with E-state index in [-0.39, 0.29) is 0 Å². The van der Waals surface area contributed by atoms with Crippen LogP contribution in [0.1, 0.15) is 6.92 Å². The van der Waals surface area contributed by atoms with Gasteiger partial charge in [0.05, 0.1) is 0 Å². The molecule has 15 heavy (non-hydrogen) atoms. The zero-order chi connectivity index (χ0) is 11.3. The Morgan fingerprint density at radius 2 is 2.00 bits per heavy atom. The Labute approximate surface area is 96.6 Å². The fourth-order valence-electron chi connectivity index (χ4n) is 1.11. The summed E-state index contributed by atoms with van der Waals surface area (Å²) in [6.07, 6.45) is 0. The number of para-hydroxylation sites is 1. The van der Waals surface area contributed by atoms with Crippen molar-refractivity contribution in [3.63, 3.8) is 0 Å². The van der Waals surface area contributed by atoms with Gasteiger partial charge in [-0.3, -0.25) is 0 Å². The molecule has 0 bridgehead atoms. The topological polar surface area (TPSA) is 15.3 Å². The quantitative estimate of drug-likeness (QED) is 0.622. The molecule has 0 aliphatic carbocycles. The maximum Gasteiger partial charge on any atom is 0.173 e. The van der Waals surface area contributed by atoms with Gasteiger partial charge < -0.3 is 10.2 Å². The maximum atomic E-state index is 5.25. The van der Waals surface area contributed by atoms with Gasteiger partial charge in [0, 0.05) is 19.3 Å². The van der Waals surface area contributed by atoms with Crippen LogP contribution in [0.3, 0.4) is 0 Å². The van der Waals surface area contributed by atoms with E-state index in [0.29, 0.717) is 5.11 Å². The Morgan fingerprint density at radius 1 is 1.40 bits per heavy atom. The van der Waals surface area contributed by atoms with Crippen LogP contribution in [0.4, 0.5) is 5.69 Å². The third-order valence-corrected chi connectivity index (χ3v) is 2.41. The lowest BCUT2D eigenvalue weighted by Gasteiger charge is -2.21. The van der Waals surface area contributed by atoms with Crippen molar-refractivity contribution in [2.45, 2.75) is 6.92 Å². The second-order valence-electron chi connectivity index (χ2n) is 3.51. The Kier molecular flexibility index (Phi) is 4.31. The minimum absolute atomic E-state index is 0.712. The molecule has 0 saturated carbocycles. The highest BCUT2D eigenvalue weighted by Gasteiger charge is 2.04. The van der Waals surface area contributed by atoms with Gasteiger partial charge in [0.2, 0.25) is 0 Å². The highest BCUT2D eigenvalue weighted by atomic mass is 32.1. The first-order valence-electron chi connectivity index (χ1n) is 4.82. The Morgan fingerprint density at radius 3 is 2.53 bits per heavy atom. The molecule has 0 fully saturated rings. The third-order valence-electron chi connectivity index (χ3n) is 1.99. The van der Waals surface area contributed by atoms with E-state index < -0.39 is 0 Å². The minimum atomic E-state index is 0.712. The first kappa shape index (κ1) is 11.7. The molecule has 1 rings (SSSR count). The third kappa shape index (κ3) is 3.72. The number of hydrogen-bond donors (Lipinski definition) is 1. The number of nitrogens with zero attached hydrogens (tertiary/aromatic N) is 1. The van der Waals surface area contributed by atoms with Gasteiger partial charge >= 0.3 is 0 Å². The number of hydrogen-bond acceptors (Lipinski definition) is 1. The lowest BCUT2D eigenvalue weighted by Crippen LogP contribution is -2.37. The molecule has 80 valence electrons. The molecule has 0 atom stereocenters. The van der Waals surface area contributed by atoms with Crippen molar-refractivity contribution in [2.24, 2.45) is 0 Å². The second-order valence-corrected chi connectivity index (χ2v) is 3.90. The molecule has 0 aromatic heterocycles. The van der Waals surface area contributed by atoms with Crippen LogP contribution in [0.2, 0.25) is 0 Å². The van der Waals surface area contributed by atoms with Gasteiger partial charge in [0.15, 0.2) is 5.11 Å². The molecule has 0 radical (unpaired) electrons. The van der Waals surface area contributed by atoms with Crippen LogP contribution in [0.15, 0.2) is 42.5 Å². The fraction of sp³-hybridized carbons (Fsp3) is 0.250. The molecule has 1 aromatic carbocycles. The monoisotopic (exact) mass is 220 g/mol. The first-order chi connectivity index (χ1) is 7.11. The van der Waals surface area contributed by atoms with Crippen molar-refractivity contribution < 1.29 is 0 Å². The first-order valence-corrected chi connectivity index (χ1v) is 5.23. The van der Waals surface area contributed by atoms with Crippen molar-refractivity contribution in [2.75, 3.05) is 18.5 Å². The number of anilines is 1. The van der Waals surface area contributed by atoms with Gasteiger partial charge in [-0.2, -0.15) is 0 Å². The van der Waals surface area contributed by atoms with E-state index in [2.05, 4.69) is 11.9 Å². The predicted octanol–water partition coefficient (Wildman–Crippen LogP) is 2.57. The van der Waals surface area contributed by atoms with Crippen molar-refractivity contribution in [1.29, 1.82) is 0 Å². The zero-order valence-corrected chi connectivity index (χ0v) is 9.97. The number of nitrogens with one attached hydrogen (secondary N) is 1. The summed E-state index contributed by atoms with van der Waals surface area (Å²) in [6, 6.07) is 10.0.